The minimum Gasteiger partial charge on any atom is -0.310 e. The quantitative estimate of drug-likeness (QED) is 0.806. The van der Waals surface area contributed by atoms with Crippen LogP contribution >= 0.6 is 0 Å². The summed E-state index contributed by atoms with van der Waals surface area (Å²) in [4.78, 5) is 12.1. The van der Waals surface area contributed by atoms with Gasteiger partial charge in [0.05, 0.1) is 6.54 Å². The molecule has 3 nitrogen and oxygen atoms in total. The van der Waals surface area contributed by atoms with Gasteiger partial charge in [0.1, 0.15) is 11.6 Å². The summed E-state index contributed by atoms with van der Waals surface area (Å²) in [7, 11) is 0. The molecule has 0 spiro atoms. The normalized spacial score (nSPS) is 10.1. The lowest BCUT2D eigenvalue weighted by atomic mass is 10.1. The van der Waals surface area contributed by atoms with E-state index in [4.69, 9.17) is 5.26 Å². The van der Waals surface area contributed by atoms with Gasteiger partial charge in [0.2, 0.25) is 0 Å². The zero-order valence-electron chi connectivity index (χ0n) is 10.5. The van der Waals surface area contributed by atoms with Crippen molar-refractivity contribution in [2.24, 2.45) is 0 Å². The van der Waals surface area contributed by atoms with E-state index in [0.717, 1.165) is 16.7 Å². The number of hydrogen-bond acceptors (Lipinski definition) is 2. The molecule has 0 radical (unpaired) electrons. The summed E-state index contributed by atoms with van der Waals surface area (Å²) in [5, 5.41) is 8.97. The smallest absolute Gasteiger partial charge is 0.269 e. The molecule has 0 aliphatic rings. The molecule has 0 amide bonds. The van der Waals surface area contributed by atoms with Crippen molar-refractivity contribution in [3.05, 3.63) is 69.1 Å². The molecule has 90 valence electrons. The van der Waals surface area contributed by atoms with Crippen molar-refractivity contribution in [2.45, 2.75) is 20.4 Å². The van der Waals surface area contributed by atoms with Crippen LogP contribution in [-0.4, -0.2) is 4.57 Å². The zero-order chi connectivity index (χ0) is 13.1. The van der Waals surface area contributed by atoms with E-state index in [0.29, 0.717) is 6.54 Å². The van der Waals surface area contributed by atoms with E-state index >= 15 is 0 Å². The van der Waals surface area contributed by atoms with Crippen LogP contribution in [0.15, 0.2) is 41.3 Å². The van der Waals surface area contributed by atoms with Gasteiger partial charge >= 0.3 is 0 Å². The maximum absolute atomic E-state index is 12.1. The predicted octanol–water partition coefficient (Wildman–Crippen LogP) is 2.39. The summed E-state index contributed by atoms with van der Waals surface area (Å²) < 4.78 is 1.57. The van der Waals surface area contributed by atoms with E-state index in [2.05, 4.69) is 0 Å². The van der Waals surface area contributed by atoms with Crippen molar-refractivity contribution in [3.63, 3.8) is 0 Å². The molecule has 0 bridgehead atoms. The SMILES string of the molecule is Cc1cccc(Cn2ccc(C)c(C#N)c2=O)c1. The number of hydrogen-bond donors (Lipinski definition) is 0. The van der Waals surface area contributed by atoms with E-state index in [1.54, 1.807) is 23.8 Å². The monoisotopic (exact) mass is 238 g/mol. The average Bonchev–Trinajstić information content (AvgIpc) is 2.34. The first-order chi connectivity index (χ1) is 8.61. The molecule has 0 saturated carbocycles. The Hall–Kier alpha value is -2.34. The van der Waals surface area contributed by atoms with Gasteiger partial charge < -0.3 is 4.57 Å². The molecule has 1 aromatic heterocycles. The lowest BCUT2D eigenvalue weighted by Crippen LogP contribution is -2.23. The lowest BCUT2D eigenvalue weighted by molar-refractivity contribution is 0.753. The van der Waals surface area contributed by atoms with Crippen LogP contribution in [0.4, 0.5) is 0 Å². The van der Waals surface area contributed by atoms with Gasteiger partial charge in [-0.3, -0.25) is 4.79 Å². The molecule has 0 atom stereocenters. The molecule has 0 saturated heterocycles. The minimum absolute atomic E-state index is 0.223. The number of aryl methyl sites for hydroxylation is 2. The van der Waals surface area contributed by atoms with E-state index in [1.165, 1.54) is 0 Å². The molecule has 18 heavy (non-hydrogen) atoms. The first kappa shape index (κ1) is 12.1. The number of nitriles is 1. The number of benzene rings is 1. The van der Waals surface area contributed by atoms with Gasteiger partial charge in [-0.2, -0.15) is 5.26 Å². The Labute approximate surface area is 106 Å². The highest BCUT2D eigenvalue weighted by atomic mass is 16.1. The van der Waals surface area contributed by atoms with Crippen molar-refractivity contribution >= 4 is 0 Å². The molecule has 3 heteroatoms. The molecular formula is C15H14N2O. The summed E-state index contributed by atoms with van der Waals surface area (Å²) in [5.74, 6) is 0. The Kier molecular flexibility index (Phi) is 3.29. The first-order valence-electron chi connectivity index (χ1n) is 5.77. The zero-order valence-corrected chi connectivity index (χ0v) is 10.5. The van der Waals surface area contributed by atoms with Crippen LogP contribution in [0.5, 0.6) is 0 Å². The largest absolute Gasteiger partial charge is 0.310 e. The van der Waals surface area contributed by atoms with Crippen molar-refractivity contribution in [3.8, 4) is 6.07 Å². The van der Waals surface area contributed by atoms with E-state index in [9.17, 15) is 4.79 Å². The molecule has 1 heterocycles. The summed E-state index contributed by atoms with van der Waals surface area (Å²) in [5.41, 5.74) is 2.95. The van der Waals surface area contributed by atoms with Gasteiger partial charge in [-0.25, -0.2) is 0 Å². The summed E-state index contributed by atoms with van der Waals surface area (Å²) in [6.07, 6.45) is 1.74. The maximum Gasteiger partial charge on any atom is 0.269 e. The highest BCUT2D eigenvalue weighted by Crippen LogP contribution is 2.06. The standard InChI is InChI=1S/C15H14N2O/c1-11-4-3-5-13(8-11)10-17-7-6-12(2)14(9-16)15(17)18/h3-8H,10H2,1-2H3. The number of pyridine rings is 1. The number of nitrogens with zero attached hydrogens (tertiary/aromatic N) is 2. The van der Waals surface area contributed by atoms with Gasteiger partial charge in [0.15, 0.2) is 0 Å². The molecule has 1 aromatic carbocycles. The molecule has 0 fully saturated rings. The van der Waals surface area contributed by atoms with Crippen LogP contribution in [0.1, 0.15) is 22.3 Å². The van der Waals surface area contributed by atoms with E-state index in [1.807, 2.05) is 37.3 Å². The van der Waals surface area contributed by atoms with Crippen LogP contribution in [0, 0.1) is 25.2 Å². The summed E-state index contributed by atoms with van der Waals surface area (Å²) in [6, 6.07) is 11.8. The molecule has 0 aliphatic heterocycles. The van der Waals surface area contributed by atoms with E-state index < -0.39 is 0 Å². The minimum atomic E-state index is -0.223. The van der Waals surface area contributed by atoms with Gasteiger partial charge in [-0.05, 0) is 31.0 Å². The molecular weight excluding hydrogens is 224 g/mol. The second-order valence-electron chi connectivity index (χ2n) is 4.41. The second kappa shape index (κ2) is 4.89. The first-order valence-corrected chi connectivity index (χ1v) is 5.77. The molecule has 0 unspecified atom stereocenters. The Balaban J connectivity index is 2.43. The van der Waals surface area contributed by atoms with Crippen molar-refractivity contribution in [1.82, 2.24) is 4.57 Å². The van der Waals surface area contributed by atoms with Crippen LogP contribution < -0.4 is 5.56 Å². The van der Waals surface area contributed by atoms with Gasteiger partial charge in [-0.1, -0.05) is 29.8 Å². The topological polar surface area (TPSA) is 45.8 Å². The van der Waals surface area contributed by atoms with Crippen LogP contribution in [0.2, 0.25) is 0 Å². The second-order valence-corrected chi connectivity index (χ2v) is 4.41. The third kappa shape index (κ3) is 2.33. The Morgan fingerprint density at radius 2 is 2.06 bits per heavy atom. The molecule has 0 N–H and O–H groups in total. The summed E-state index contributed by atoms with van der Waals surface area (Å²) >= 11 is 0. The number of aromatic nitrogens is 1. The van der Waals surface area contributed by atoms with Crippen LogP contribution in [-0.2, 0) is 6.54 Å². The fourth-order valence-corrected chi connectivity index (χ4v) is 1.93. The highest BCUT2D eigenvalue weighted by molar-refractivity contribution is 5.34. The van der Waals surface area contributed by atoms with Crippen LogP contribution in [0.25, 0.3) is 0 Å². The van der Waals surface area contributed by atoms with Gasteiger partial charge in [0.25, 0.3) is 5.56 Å². The fraction of sp³-hybridized carbons (Fsp3) is 0.200. The highest BCUT2D eigenvalue weighted by Gasteiger charge is 2.06. The third-order valence-corrected chi connectivity index (χ3v) is 2.92. The van der Waals surface area contributed by atoms with Crippen molar-refractivity contribution in [1.29, 1.82) is 5.26 Å². The molecule has 2 rings (SSSR count). The molecule has 2 aromatic rings. The third-order valence-electron chi connectivity index (χ3n) is 2.92. The maximum atomic E-state index is 12.1. The average molecular weight is 238 g/mol. The van der Waals surface area contributed by atoms with Crippen molar-refractivity contribution < 1.29 is 0 Å². The van der Waals surface area contributed by atoms with E-state index in [-0.39, 0.29) is 11.1 Å². The van der Waals surface area contributed by atoms with Gasteiger partial charge in [-0.15, -0.1) is 0 Å². The Bertz CT molecular complexity index is 678. The Morgan fingerprint density at radius 1 is 1.28 bits per heavy atom. The van der Waals surface area contributed by atoms with Crippen molar-refractivity contribution in [2.75, 3.05) is 0 Å². The number of rotatable bonds is 2. The Morgan fingerprint density at radius 3 is 2.72 bits per heavy atom. The van der Waals surface area contributed by atoms with Crippen LogP contribution in [0.3, 0.4) is 0 Å². The lowest BCUT2D eigenvalue weighted by Gasteiger charge is -2.08. The van der Waals surface area contributed by atoms with Gasteiger partial charge in [0, 0.05) is 6.20 Å². The summed E-state index contributed by atoms with van der Waals surface area (Å²) in [6.45, 7) is 4.29. The fourth-order valence-electron chi connectivity index (χ4n) is 1.93. The molecule has 0 aliphatic carbocycles. The predicted molar refractivity (Wildman–Crippen MR) is 70.4 cm³/mol.